The Balaban J connectivity index is 1.55. The van der Waals surface area contributed by atoms with Gasteiger partial charge in [-0.2, -0.15) is 0 Å². The fourth-order valence-corrected chi connectivity index (χ4v) is 8.32. The van der Waals surface area contributed by atoms with Crippen molar-refractivity contribution in [2.24, 2.45) is 45.1 Å². The second kappa shape index (κ2) is 7.27. The summed E-state index contributed by atoms with van der Waals surface area (Å²) < 4.78 is 0. The third-order valence-electron chi connectivity index (χ3n) is 9.95. The molecule has 0 radical (unpaired) electrons. The monoisotopic (exact) mass is 390 g/mol. The average Bonchev–Trinajstić information content (AvgIpc) is 2.95. The minimum Gasteiger partial charge on any atom is -0.394 e. The minimum absolute atomic E-state index is 0.0692. The maximum Gasteiger partial charge on any atom is 0.129 e. The van der Waals surface area contributed by atoms with Gasteiger partial charge in [-0.05, 0) is 92.9 Å². The summed E-state index contributed by atoms with van der Waals surface area (Å²) >= 11 is 0. The zero-order chi connectivity index (χ0) is 20.2. The van der Waals surface area contributed by atoms with E-state index in [9.17, 15) is 5.11 Å². The molecule has 0 aromatic rings. The van der Waals surface area contributed by atoms with Crippen molar-refractivity contribution in [2.75, 3.05) is 20.2 Å². The van der Waals surface area contributed by atoms with Crippen molar-refractivity contribution >= 4 is 5.71 Å². The molecule has 4 rings (SSSR count). The molecule has 4 fully saturated rings. The first-order valence-corrected chi connectivity index (χ1v) is 11.8. The molecular formula is C24H42N2O2. The molecule has 0 saturated heterocycles. The number of aliphatic hydroxyl groups excluding tert-OH is 1. The molecule has 0 aromatic heterocycles. The third kappa shape index (κ3) is 2.96. The molecule has 0 bridgehead atoms. The Morgan fingerprint density at radius 1 is 1.00 bits per heavy atom. The number of rotatable bonds is 4. The number of hydrogen-bond donors (Lipinski definition) is 2. The molecule has 0 aromatic carbocycles. The first kappa shape index (κ1) is 20.7. The van der Waals surface area contributed by atoms with E-state index in [4.69, 9.17) is 4.84 Å². The Kier molecular flexibility index (Phi) is 5.36. The molecule has 0 heterocycles. The largest absolute Gasteiger partial charge is 0.394 e. The first-order valence-electron chi connectivity index (χ1n) is 11.8. The Morgan fingerprint density at radius 3 is 2.50 bits per heavy atom. The quantitative estimate of drug-likeness (QED) is 0.544. The van der Waals surface area contributed by atoms with Gasteiger partial charge in [0.2, 0.25) is 0 Å². The SMILES string of the molecule is CNCCO/N=C1\CC[C@@]2(C)C(CC[C@H]3[C@@H]4CC[C@H](O)[C@@]4(C)CC[C@@H]32)C1(C)C. The van der Waals surface area contributed by atoms with E-state index in [1.54, 1.807) is 0 Å². The van der Waals surface area contributed by atoms with Gasteiger partial charge in [-0.3, -0.25) is 0 Å². The summed E-state index contributed by atoms with van der Waals surface area (Å²) in [5.74, 6) is 3.07. The van der Waals surface area contributed by atoms with Crippen molar-refractivity contribution in [2.45, 2.75) is 85.2 Å². The Bertz CT molecular complexity index is 618. The van der Waals surface area contributed by atoms with Crippen LogP contribution in [0, 0.1) is 39.9 Å². The van der Waals surface area contributed by atoms with Gasteiger partial charge in [0.1, 0.15) is 6.61 Å². The molecule has 0 amide bonds. The molecular weight excluding hydrogens is 348 g/mol. The van der Waals surface area contributed by atoms with Gasteiger partial charge in [-0.1, -0.05) is 32.9 Å². The Morgan fingerprint density at radius 2 is 1.75 bits per heavy atom. The highest BCUT2D eigenvalue weighted by Gasteiger charge is 2.62. The van der Waals surface area contributed by atoms with Gasteiger partial charge in [0.15, 0.2) is 0 Å². The number of aliphatic hydroxyl groups is 1. The number of nitrogens with one attached hydrogen (secondary N) is 1. The van der Waals surface area contributed by atoms with Crippen LogP contribution in [-0.4, -0.2) is 37.1 Å². The summed E-state index contributed by atoms with van der Waals surface area (Å²) in [6.07, 6.45) is 9.71. The van der Waals surface area contributed by atoms with Crippen LogP contribution in [0.2, 0.25) is 0 Å². The van der Waals surface area contributed by atoms with E-state index in [2.05, 4.69) is 38.2 Å². The molecule has 4 heteroatoms. The standard InChI is InChI=1S/C24H42N2O2/c1-22(2)19-8-6-16-17-7-9-21(27)24(17,4)12-10-18(16)23(19,3)13-11-20(22)26-28-15-14-25-5/h16-19,21,25,27H,6-15H2,1-5H3/b26-20+/t16-,17-,18-,19?,21-,23+,24-/m0/s1. The lowest BCUT2D eigenvalue weighted by Gasteiger charge is -2.63. The van der Waals surface area contributed by atoms with Crippen molar-refractivity contribution in [1.29, 1.82) is 0 Å². The van der Waals surface area contributed by atoms with Crippen LogP contribution in [0.4, 0.5) is 0 Å². The predicted molar refractivity (Wildman–Crippen MR) is 114 cm³/mol. The highest BCUT2D eigenvalue weighted by Crippen LogP contribution is 2.68. The highest BCUT2D eigenvalue weighted by molar-refractivity contribution is 5.90. The normalized spacial score (nSPS) is 48.6. The molecule has 4 nitrogen and oxygen atoms in total. The third-order valence-corrected chi connectivity index (χ3v) is 9.95. The lowest BCUT2D eigenvalue weighted by atomic mass is 9.41. The molecule has 1 unspecified atom stereocenters. The number of nitrogens with zero attached hydrogens (tertiary/aromatic N) is 1. The fraction of sp³-hybridized carbons (Fsp3) is 0.958. The Hall–Kier alpha value is -0.610. The second-order valence-electron chi connectivity index (χ2n) is 11.3. The van der Waals surface area contributed by atoms with Gasteiger partial charge >= 0.3 is 0 Å². The summed E-state index contributed by atoms with van der Waals surface area (Å²) in [5, 5.41) is 18.4. The lowest BCUT2D eigenvalue weighted by Crippen LogP contribution is -2.58. The van der Waals surface area contributed by atoms with E-state index in [1.165, 1.54) is 44.2 Å². The van der Waals surface area contributed by atoms with E-state index in [1.807, 2.05) is 7.05 Å². The van der Waals surface area contributed by atoms with Gasteiger partial charge in [0, 0.05) is 12.0 Å². The molecule has 4 saturated carbocycles. The van der Waals surface area contributed by atoms with Crippen LogP contribution in [0.3, 0.4) is 0 Å². The maximum atomic E-state index is 10.7. The number of likely N-dealkylation sites (N-methyl/N-ethyl adjacent to an activating group) is 1. The molecule has 0 spiro atoms. The van der Waals surface area contributed by atoms with Crippen molar-refractivity contribution < 1.29 is 9.94 Å². The van der Waals surface area contributed by atoms with Crippen LogP contribution < -0.4 is 5.32 Å². The van der Waals surface area contributed by atoms with Crippen molar-refractivity contribution in [1.82, 2.24) is 5.32 Å². The maximum absolute atomic E-state index is 10.7. The van der Waals surface area contributed by atoms with E-state index >= 15 is 0 Å². The highest BCUT2D eigenvalue weighted by atomic mass is 16.6. The molecule has 160 valence electrons. The summed E-state index contributed by atoms with van der Waals surface area (Å²) in [7, 11) is 1.95. The van der Waals surface area contributed by atoms with Crippen molar-refractivity contribution in [3.8, 4) is 0 Å². The number of hydrogen-bond acceptors (Lipinski definition) is 4. The van der Waals surface area contributed by atoms with Crippen LogP contribution in [-0.2, 0) is 4.84 Å². The molecule has 2 N–H and O–H groups in total. The fourth-order valence-electron chi connectivity index (χ4n) is 8.32. The van der Waals surface area contributed by atoms with Gasteiger partial charge < -0.3 is 15.3 Å². The molecule has 4 aliphatic carbocycles. The zero-order valence-electron chi connectivity index (χ0n) is 18.8. The Labute approximate surface area is 171 Å². The van der Waals surface area contributed by atoms with Crippen LogP contribution >= 0.6 is 0 Å². The lowest BCUT2D eigenvalue weighted by molar-refractivity contribution is -0.131. The first-order chi connectivity index (χ1) is 13.2. The molecule has 4 aliphatic rings. The minimum atomic E-state index is -0.0692. The van der Waals surface area contributed by atoms with E-state index in [-0.39, 0.29) is 16.9 Å². The smallest absolute Gasteiger partial charge is 0.129 e. The average molecular weight is 391 g/mol. The topological polar surface area (TPSA) is 53.8 Å². The zero-order valence-corrected chi connectivity index (χ0v) is 18.8. The van der Waals surface area contributed by atoms with Gasteiger partial charge in [0.05, 0.1) is 11.8 Å². The second-order valence-corrected chi connectivity index (χ2v) is 11.3. The van der Waals surface area contributed by atoms with E-state index in [0.717, 1.165) is 37.1 Å². The van der Waals surface area contributed by atoms with Crippen LogP contribution in [0.5, 0.6) is 0 Å². The van der Waals surface area contributed by atoms with Gasteiger partial charge in [0.25, 0.3) is 0 Å². The van der Waals surface area contributed by atoms with Crippen molar-refractivity contribution in [3.63, 3.8) is 0 Å². The summed E-state index contributed by atoms with van der Waals surface area (Å²) in [6, 6.07) is 0. The summed E-state index contributed by atoms with van der Waals surface area (Å²) in [6.45, 7) is 11.3. The van der Waals surface area contributed by atoms with Crippen LogP contribution in [0.1, 0.15) is 79.1 Å². The molecule has 0 aliphatic heterocycles. The van der Waals surface area contributed by atoms with Crippen molar-refractivity contribution in [3.05, 3.63) is 0 Å². The number of oxime groups is 1. The summed E-state index contributed by atoms with van der Waals surface area (Å²) in [4.78, 5) is 5.65. The van der Waals surface area contributed by atoms with E-state index in [0.29, 0.717) is 17.9 Å². The predicted octanol–water partition coefficient (Wildman–Crippen LogP) is 4.62. The van der Waals surface area contributed by atoms with Crippen LogP contribution in [0.25, 0.3) is 0 Å². The van der Waals surface area contributed by atoms with Gasteiger partial charge in [-0.25, -0.2) is 0 Å². The van der Waals surface area contributed by atoms with Gasteiger partial charge in [-0.15, -0.1) is 0 Å². The molecule has 28 heavy (non-hydrogen) atoms. The molecule has 7 atom stereocenters. The van der Waals surface area contributed by atoms with Crippen LogP contribution in [0.15, 0.2) is 5.16 Å². The van der Waals surface area contributed by atoms with E-state index < -0.39 is 0 Å². The number of fused-ring (bicyclic) bond motifs is 5. The summed E-state index contributed by atoms with van der Waals surface area (Å²) in [5.41, 5.74) is 1.99.